The summed E-state index contributed by atoms with van der Waals surface area (Å²) in [5.74, 6) is -1.47. The van der Waals surface area contributed by atoms with E-state index >= 15 is 0 Å². The molecule has 1 aliphatic heterocycles. The van der Waals surface area contributed by atoms with Crippen LogP contribution in [0.3, 0.4) is 0 Å². The van der Waals surface area contributed by atoms with Crippen LogP contribution in [0.4, 0.5) is 11.4 Å². The van der Waals surface area contributed by atoms with Gasteiger partial charge in [0.25, 0.3) is 11.7 Å². The number of ether oxygens (including phenoxy) is 3. The number of ketones is 1. The van der Waals surface area contributed by atoms with E-state index < -0.39 is 52.5 Å². The van der Waals surface area contributed by atoms with Crippen molar-refractivity contribution < 1.29 is 47.5 Å². The zero-order chi connectivity index (χ0) is 37.2. The lowest BCUT2D eigenvalue weighted by atomic mass is 9.86. The van der Waals surface area contributed by atoms with E-state index in [2.05, 4.69) is 20.3 Å². The minimum atomic E-state index is -3.97. The minimum absolute atomic E-state index is 0.0135. The predicted octanol–water partition coefficient (Wildman–Crippen LogP) is 2.12. The van der Waals surface area contributed by atoms with E-state index in [0.717, 1.165) is 19.6 Å². The van der Waals surface area contributed by atoms with Crippen LogP contribution in [0.25, 0.3) is 10.8 Å². The first-order chi connectivity index (χ1) is 24.3. The van der Waals surface area contributed by atoms with Gasteiger partial charge in [0.15, 0.2) is 5.75 Å². The normalized spacial score (nSPS) is 14.3. The molecule has 0 saturated carbocycles. The Morgan fingerprint density at radius 3 is 2.22 bits per heavy atom. The van der Waals surface area contributed by atoms with Crippen molar-refractivity contribution in [3.8, 4) is 11.5 Å². The van der Waals surface area contributed by atoms with Crippen LogP contribution in [0.1, 0.15) is 43.1 Å². The molecule has 0 unspecified atom stereocenters. The number of nitrogens with one attached hydrogen (secondary N) is 3. The van der Waals surface area contributed by atoms with Gasteiger partial charge < -0.3 is 40.2 Å². The highest BCUT2D eigenvalue weighted by atomic mass is 32.2. The number of aliphatic hydroxyl groups excluding tert-OH is 3. The molecule has 1 saturated heterocycles. The summed E-state index contributed by atoms with van der Waals surface area (Å²) < 4.78 is 46.0. The SMILES string of the molecule is COc1c(NC(=O)C(=O)c2ccc(OCCN3CCOCC3)c3ccccc23)cc(C(C)(C)C)cc1NS(=O)(=O)CCCNC(CO)(CO)CO. The van der Waals surface area contributed by atoms with Gasteiger partial charge in [-0.15, -0.1) is 0 Å². The van der Waals surface area contributed by atoms with Crippen LogP contribution < -0.4 is 24.8 Å². The lowest BCUT2D eigenvalue weighted by Gasteiger charge is -2.28. The van der Waals surface area contributed by atoms with Crippen molar-refractivity contribution in [2.45, 2.75) is 38.1 Å². The fourth-order valence-electron chi connectivity index (χ4n) is 5.61. The monoisotopic (exact) mass is 730 g/mol. The number of nitrogens with zero attached hydrogens (tertiary/aromatic N) is 1. The maximum Gasteiger partial charge on any atom is 0.296 e. The molecule has 0 radical (unpaired) electrons. The van der Waals surface area contributed by atoms with Crippen molar-refractivity contribution in [2.75, 3.05) is 88.7 Å². The first-order valence-electron chi connectivity index (χ1n) is 16.9. The number of methoxy groups -OCH3 is 1. The molecule has 14 nitrogen and oxygen atoms in total. The molecule has 4 rings (SSSR count). The highest BCUT2D eigenvalue weighted by Crippen LogP contribution is 2.39. The number of carbonyl (C=O) groups excluding carboxylic acids is 2. The Morgan fingerprint density at radius 1 is 0.941 bits per heavy atom. The van der Waals surface area contributed by atoms with Gasteiger partial charge in [0, 0.05) is 30.6 Å². The molecule has 6 N–H and O–H groups in total. The lowest BCUT2D eigenvalue weighted by Crippen LogP contribution is -2.55. The highest BCUT2D eigenvalue weighted by Gasteiger charge is 2.28. The highest BCUT2D eigenvalue weighted by molar-refractivity contribution is 7.92. The number of fused-ring (bicyclic) bond motifs is 1. The number of anilines is 2. The van der Waals surface area contributed by atoms with Crippen molar-refractivity contribution >= 4 is 43.9 Å². The van der Waals surface area contributed by atoms with E-state index in [9.17, 15) is 33.3 Å². The Kier molecular flexibility index (Phi) is 13.8. The van der Waals surface area contributed by atoms with Crippen LogP contribution >= 0.6 is 0 Å². The second-order valence-corrected chi connectivity index (χ2v) is 15.4. The predicted molar refractivity (Wildman–Crippen MR) is 195 cm³/mol. The number of aliphatic hydroxyl groups is 3. The van der Waals surface area contributed by atoms with Gasteiger partial charge in [0.1, 0.15) is 12.4 Å². The van der Waals surface area contributed by atoms with E-state index in [0.29, 0.717) is 41.9 Å². The summed E-state index contributed by atoms with van der Waals surface area (Å²) >= 11 is 0. The first-order valence-corrected chi connectivity index (χ1v) is 18.5. The Bertz CT molecular complexity index is 1760. The number of sulfonamides is 1. The smallest absolute Gasteiger partial charge is 0.296 e. The average molecular weight is 731 g/mol. The first kappa shape index (κ1) is 39.9. The summed E-state index contributed by atoms with van der Waals surface area (Å²) in [6.07, 6.45) is 0.0854. The summed E-state index contributed by atoms with van der Waals surface area (Å²) in [5, 5.41) is 35.2. The molecule has 1 fully saturated rings. The number of Topliss-reactive ketones (excluding diaryl/α,β-unsaturated/α-hetero) is 1. The molecule has 3 aromatic carbocycles. The standard InChI is InChI=1S/C36H50N4O10S/c1-35(2,3)25-20-29(33(48-4)30(21-25)39-51(46,47)19-7-12-37-36(22-41,23-42)24-43)38-34(45)32(44)28-10-11-31(27-9-6-5-8-26(27)28)50-18-15-40-13-16-49-17-14-40/h5-6,8-11,20-21,37,39,41-43H,7,12-19,22-24H2,1-4H3,(H,38,45). The van der Waals surface area contributed by atoms with Gasteiger partial charge in [0.05, 0.1) is 62.8 Å². The third-order valence-corrected chi connectivity index (χ3v) is 10.1. The van der Waals surface area contributed by atoms with Gasteiger partial charge in [-0.25, -0.2) is 8.42 Å². The molecule has 0 atom stereocenters. The molecule has 1 amide bonds. The number of morpholine rings is 1. The Hall–Kier alpha value is -3.83. The van der Waals surface area contributed by atoms with Gasteiger partial charge in [0.2, 0.25) is 10.0 Å². The zero-order valence-corrected chi connectivity index (χ0v) is 30.5. The van der Waals surface area contributed by atoms with Crippen LogP contribution in [0.15, 0.2) is 48.5 Å². The number of carbonyl (C=O) groups is 2. The van der Waals surface area contributed by atoms with E-state index in [1.807, 2.05) is 32.9 Å². The van der Waals surface area contributed by atoms with Crippen molar-refractivity contribution in [2.24, 2.45) is 0 Å². The van der Waals surface area contributed by atoms with Crippen LogP contribution in [-0.2, 0) is 25.0 Å². The third kappa shape index (κ3) is 10.4. The van der Waals surface area contributed by atoms with Gasteiger partial charge in [-0.2, -0.15) is 0 Å². The summed E-state index contributed by atoms with van der Waals surface area (Å²) in [5.41, 5.74) is -0.814. The number of benzene rings is 3. The summed E-state index contributed by atoms with van der Waals surface area (Å²) in [6.45, 7) is 8.46. The molecule has 3 aromatic rings. The minimum Gasteiger partial charge on any atom is -0.492 e. The number of hydrogen-bond acceptors (Lipinski definition) is 12. The van der Waals surface area contributed by atoms with E-state index in [1.54, 1.807) is 36.4 Å². The van der Waals surface area contributed by atoms with Crippen molar-refractivity contribution in [1.82, 2.24) is 10.2 Å². The molecule has 0 aliphatic carbocycles. The van der Waals surface area contributed by atoms with Gasteiger partial charge in [-0.1, -0.05) is 45.0 Å². The molecule has 51 heavy (non-hydrogen) atoms. The van der Waals surface area contributed by atoms with Crippen LogP contribution in [0.2, 0.25) is 0 Å². The molecular formula is C36H50N4O10S. The van der Waals surface area contributed by atoms with E-state index in [-0.39, 0.29) is 41.4 Å². The maximum atomic E-state index is 13.7. The molecule has 0 bridgehead atoms. The van der Waals surface area contributed by atoms with Crippen LogP contribution in [-0.4, -0.2) is 125 Å². The van der Waals surface area contributed by atoms with Crippen molar-refractivity contribution in [3.63, 3.8) is 0 Å². The average Bonchev–Trinajstić information content (AvgIpc) is 3.11. The van der Waals surface area contributed by atoms with E-state index in [4.69, 9.17) is 14.2 Å². The molecule has 1 heterocycles. The van der Waals surface area contributed by atoms with Gasteiger partial charge in [-0.05, 0) is 53.6 Å². The second-order valence-electron chi connectivity index (χ2n) is 13.6. The number of hydrogen-bond donors (Lipinski definition) is 6. The molecule has 15 heteroatoms. The quantitative estimate of drug-likeness (QED) is 0.0635. The largest absolute Gasteiger partial charge is 0.492 e. The summed E-state index contributed by atoms with van der Waals surface area (Å²) in [4.78, 5) is 29.5. The zero-order valence-electron chi connectivity index (χ0n) is 29.7. The van der Waals surface area contributed by atoms with Gasteiger partial charge in [-0.3, -0.25) is 19.2 Å². The van der Waals surface area contributed by atoms with Crippen LogP contribution in [0, 0.1) is 0 Å². The Morgan fingerprint density at radius 2 is 1.59 bits per heavy atom. The number of amides is 1. The fraction of sp³-hybridized carbons (Fsp3) is 0.500. The maximum absolute atomic E-state index is 13.7. The second kappa shape index (κ2) is 17.6. The third-order valence-electron chi connectivity index (χ3n) is 8.77. The molecule has 0 spiro atoms. The molecule has 0 aromatic heterocycles. The lowest BCUT2D eigenvalue weighted by molar-refractivity contribution is -0.112. The Balaban J connectivity index is 1.54. The number of rotatable bonds is 18. The molecule has 280 valence electrons. The summed E-state index contributed by atoms with van der Waals surface area (Å²) in [6, 6.07) is 13.7. The summed E-state index contributed by atoms with van der Waals surface area (Å²) in [7, 11) is -2.64. The van der Waals surface area contributed by atoms with Crippen LogP contribution in [0.5, 0.6) is 11.5 Å². The fourth-order valence-corrected chi connectivity index (χ4v) is 6.72. The molecule has 1 aliphatic rings. The van der Waals surface area contributed by atoms with Crippen molar-refractivity contribution in [1.29, 1.82) is 0 Å². The topological polar surface area (TPSA) is 196 Å². The van der Waals surface area contributed by atoms with Gasteiger partial charge >= 0.3 is 0 Å². The van der Waals surface area contributed by atoms with E-state index in [1.165, 1.54) is 7.11 Å². The molecular weight excluding hydrogens is 680 g/mol. The Labute approximate surface area is 299 Å². The van der Waals surface area contributed by atoms with Crippen molar-refractivity contribution in [3.05, 3.63) is 59.7 Å².